The fourth-order valence-electron chi connectivity index (χ4n) is 5.63. The molecule has 0 spiro atoms. The summed E-state index contributed by atoms with van der Waals surface area (Å²) in [6.07, 6.45) is 3.00. The van der Waals surface area contributed by atoms with E-state index in [4.69, 9.17) is 14.2 Å². The molecule has 3 aromatic rings. The third-order valence-electron chi connectivity index (χ3n) is 7.93. The average Bonchev–Trinajstić information content (AvgIpc) is 3.42. The van der Waals surface area contributed by atoms with Crippen LogP contribution >= 0.6 is 11.8 Å². The van der Waals surface area contributed by atoms with E-state index < -0.39 is 23.3 Å². The van der Waals surface area contributed by atoms with Gasteiger partial charge in [-0.3, -0.25) is 4.79 Å². The summed E-state index contributed by atoms with van der Waals surface area (Å²) < 4.78 is 17.4. The van der Waals surface area contributed by atoms with Crippen LogP contribution in [0.1, 0.15) is 68.1 Å². The number of ketones is 1. The van der Waals surface area contributed by atoms with Gasteiger partial charge >= 0.3 is 12.1 Å². The van der Waals surface area contributed by atoms with Crippen molar-refractivity contribution in [3.8, 4) is 11.5 Å². The van der Waals surface area contributed by atoms with Crippen molar-refractivity contribution in [2.75, 3.05) is 19.3 Å². The first-order chi connectivity index (χ1) is 21.2. The van der Waals surface area contributed by atoms with Gasteiger partial charge in [-0.15, -0.1) is 11.8 Å². The van der Waals surface area contributed by atoms with Gasteiger partial charge in [-0.2, -0.15) is 0 Å². The fourth-order valence-corrected chi connectivity index (χ4v) is 6.04. The monoisotopic (exact) mass is 631 g/mol. The lowest BCUT2D eigenvalue weighted by atomic mass is 9.84. The standard InChI is InChI=1S/C37H45NO6S/c1-24-20-26(21-25(2)33(24)43-37(6,7)34(40)44-36(3,4)5)14-15-28-22-38(35(41)42-29-12-10-9-11-13-29)23-31(28)32(39)27-16-18-30(45-8)19-17-27/h9-13,16-21,28,31H,14-15,22-23H2,1-8H3/t28-,31?/m0/s1. The van der Waals surface area contributed by atoms with Crippen molar-refractivity contribution in [2.24, 2.45) is 11.8 Å². The lowest BCUT2D eigenvalue weighted by Gasteiger charge is -2.30. The predicted molar refractivity (Wildman–Crippen MR) is 178 cm³/mol. The Bertz CT molecular complexity index is 1490. The molecule has 1 heterocycles. The Morgan fingerprint density at radius 1 is 0.889 bits per heavy atom. The molecule has 1 saturated heterocycles. The predicted octanol–water partition coefficient (Wildman–Crippen LogP) is 8.09. The van der Waals surface area contributed by atoms with Crippen LogP contribution in [0.3, 0.4) is 0 Å². The highest BCUT2D eigenvalue weighted by Gasteiger charge is 2.40. The van der Waals surface area contributed by atoms with Gasteiger partial charge < -0.3 is 19.1 Å². The highest BCUT2D eigenvalue weighted by Crippen LogP contribution is 2.34. The van der Waals surface area contributed by atoms with E-state index >= 15 is 0 Å². The number of hydrogen-bond acceptors (Lipinski definition) is 7. The van der Waals surface area contributed by atoms with Gasteiger partial charge in [0, 0.05) is 29.5 Å². The van der Waals surface area contributed by atoms with Crippen LogP contribution < -0.4 is 9.47 Å². The molecule has 1 unspecified atom stereocenters. The zero-order valence-electron chi connectivity index (χ0n) is 27.6. The van der Waals surface area contributed by atoms with Crippen LogP contribution in [-0.4, -0.2) is 53.3 Å². The molecular formula is C37H45NO6S. The van der Waals surface area contributed by atoms with Crippen LogP contribution in [-0.2, 0) is 16.0 Å². The summed E-state index contributed by atoms with van der Waals surface area (Å²) >= 11 is 1.63. The van der Waals surface area contributed by atoms with Gasteiger partial charge in [-0.05, 0) is 114 Å². The first-order valence-electron chi connectivity index (χ1n) is 15.4. The zero-order chi connectivity index (χ0) is 32.9. The third kappa shape index (κ3) is 8.91. The maximum Gasteiger partial charge on any atom is 0.415 e. The largest absolute Gasteiger partial charge is 0.476 e. The van der Waals surface area contributed by atoms with E-state index in [2.05, 4.69) is 12.1 Å². The highest BCUT2D eigenvalue weighted by molar-refractivity contribution is 7.98. The molecule has 4 rings (SSSR count). The van der Waals surface area contributed by atoms with E-state index in [1.54, 1.807) is 42.6 Å². The van der Waals surface area contributed by atoms with Gasteiger partial charge in [-0.25, -0.2) is 9.59 Å². The Kier molecular flexibility index (Phi) is 10.7. The Hall–Kier alpha value is -3.78. The number of ether oxygens (including phenoxy) is 3. The topological polar surface area (TPSA) is 82.1 Å². The zero-order valence-corrected chi connectivity index (χ0v) is 28.5. The minimum Gasteiger partial charge on any atom is -0.476 e. The van der Waals surface area contributed by atoms with E-state index in [0.717, 1.165) is 34.4 Å². The molecule has 45 heavy (non-hydrogen) atoms. The smallest absolute Gasteiger partial charge is 0.415 e. The summed E-state index contributed by atoms with van der Waals surface area (Å²) in [5.41, 5.74) is 1.82. The number of esters is 1. The Morgan fingerprint density at radius 2 is 1.51 bits per heavy atom. The number of amides is 1. The van der Waals surface area contributed by atoms with Crippen molar-refractivity contribution in [2.45, 2.75) is 77.4 Å². The number of carbonyl (C=O) groups excluding carboxylic acids is 3. The molecule has 0 saturated carbocycles. The summed E-state index contributed by atoms with van der Waals surface area (Å²) in [6, 6.07) is 20.8. The molecule has 0 bridgehead atoms. The van der Waals surface area contributed by atoms with Crippen LogP contribution in [0.25, 0.3) is 0 Å². The Balaban J connectivity index is 1.50. The van der Waals surface area contributed by atoms with E-state index in [1.807, 2.05) is 83.3 Å². The number of rotatable bonds is 10. The summed E-state index contributed by atoms with van der Waals surface area (Å²) in [4.78, 5) is 42.5. The SMILES string of the molecule is CSc1ccc(C(=O)C2CN(C(=O)Oc3ccccc3)C[C@@H]2CCc2cc(C)c(OC(C)(C)C(=O)OC(C)(C)C)c(C)c2)cc1. The maximum absolute atomic E-state index is 13.8. The van der Waals surface area contributed by atoms with Crippen molar-refractivity contribution in [1.82, 2.24) is 4.90 Å². The minimum atomic E-state index is -1.16. The first-order valence-corrected chi connectivity index (χ1v) is 16.6. The quantitative estimate of drug-likeness (QED) is 0.127. The summed E-state index contributed by atoms with van der Waals surface area (Å²) in [5, 5.41) is 0. The average molecular weight is 632 g/mol. The summed E-state index contributed by atoms with van der Waals surface area (Å²) in [6.45, 7) is 13.6. The van der Waals surface area contributed by atoms with Crippen molar-refractivity contribution >= 4 is 29.6 Å². The Labute approximate surface area is 271 Å². The summed E-state index contributed by atoms with van der Waals surface area (Å²) in [5.74, 6) is 0.379. The van der Waals surface area contributed by atoms with Gasteiger partial charge in [-0.1, -0.05) is 42.5 Å². The second-order valence-corrected chi connectivity index (χ2v) is 14.1. The molecule has 1 aliphatic rings. The number of benzene rings is 3. The van der Waals surface area contributed by atoms with Crippen LogP contribution in [0.5, 0.6) is 11.5 Å². The molecule has 0 aliphatic carbocycles. The van der Waals surface area contributed by atoms with Crippen LogP contribution in [0.4, 0.5) is 4.79 Å². The lowest BCUT2D eigenvalue weighted by molar-refractivity contribution is -0.171. The van der Waals surface area contributed by atoms with E-state index in [1.165, 1.54) is 0 Å². The minimum absolute atomic E-state index is 0.0382. The molecule has 1 fully saturated rings. The van der Waals surface area contributed by atoms with Crippen molar-refractivity contribution in [3.63, 3.8) is 0 Å². The second kappa shape index (κ2) is 14.1. The number of likely N-dealkylation sites (tertiary alicyclic amines) is 1. The number of hydrogen-bond donors (Lipinski definition) is 0. The maximum atomic E-state index is 13.8. The molecule has 2 atom stereocenters. The van der Waals surface area contributed by atoms with Crippen LogP contribution in [0.2, 0.25) is 0 Å². The van der Waals surface area contributed by atoms with Crippen molar-refractivity contribution in [3.05, 3.63) is 89.0 Å². The lowest BCUT2D eigenvalue weighted by Crippen LogP contribution is -2.43. The van der Waals surface area contributed by atoms with Crippen molar-refractivity contribution in [1.29, 1.82) is 0 Å². The van der Waals surface area contributed by atoms with Gasteiger partial charge in [0.2, 0.25) is 0 Å². The molecule has 3 aromatic carbocycles. The summed E-state index contributed by atoms with van der Waals surface area (Å²) in [7, 11) is 0. The third-order valence-corrected chi connectivity index (χ3v) is 8.67. The molecular weight excluding hydrogens is 586 g/mol. The molecule has 0 radical (unpaired) electrons. The van der Waals surface area contributed by atoms with Crippen LogP contribution in [0, 0.1) is 25.7 Å². The molecule has 1 aliphatic heterocycles. The van der Waals surface area contributed by atoms with E-state index in [-0.39, 0.29) is 17.6 Å². The first kappa shape index (κ1) is 34.1. The van der Waals surface area contributed by atoms with Gasteiger partial charge in [0.1, 0.15) is 17.1 Å². The molecule has 0 N–H and O–H groups in total. The van der Waals surface area contributed by atoms with Gasteiger partial charge in [0.05, 0.1) is 0 Å². The molecule has 8 heteroatoms. The normalized spacial score (nSPS) is 16.8. The number of nitrogens with zero attached hydrogens (tertiary/aromatic N) is 1. The van der Waals surface area contributed by atoms with E-state index in [0.29, 0.717) is 30.2 Å². The highest BCUT2D eigenvalue weighted by atomic mass is 32.2. The Morgan fingerprint density at radius 3 is 2.09 bits per heavy atom. The molecule has 7 nitrogen and oxygen atoms in total. The molecule has 1 amide bonds. The number of carbonyl (C=O) groups is 3. The van der Waals surface area contributed by atoms with Crippen LogP contribution in [0.15, 0.2) is 71.6 Å². The van der Waals surface area contributed by atoms with Gasteiger partial charge in [0.15, 0.2) is 11.4 Å². The van der Waals surface area contributed by atoms with E-state index in [9.17, 15) is 14.4 Å². The second-order valence-electron chi connectivity index (χ2n) is 13.3. The number of Topliss-reactive ketones (excluding diaryl/α,β-unsaturated/α-hetero) is 1. The fraction of sp³-hybridized carbons (Fsp3) is 0.432. The number of thioether (sulfide) groups is 1. The number of aryl methyl sites for hydroxylation is 3. The molecule has 240 valence electrons. The van der Waals surface area contributed by atoms with Crippen molar-refractivity contribution < 1.29 is 28.6 Å². The van der Waals surface area contributed by atoms with Gasteiger partial charge in [0.25, 0.3) is 0 Å². The molecule has 0 aromatic heterocycles. The number of para-hydroxylation sites is 1.